The maximum absolute atomic E-state index is 12.2. The van der Waals surface area contributed by atoms with E-state index in [9.17, 15) is 14.4 Å². The molecule has 0 saturated heterocycles. The maximum atomic E-state index is 12.2. The topological polar surface area (TPSA) is 96.9 Å². The zero-order valence-corrected chi connectivity index (χ0v) is 17.2. The van der Waals surface area contributed by atoms with Gasteiger partial charge in [-0.3, -0.25) is 9.59 Å². The fourth-order valence-corrected chi connectivity index (χ4v) is 2.73. The molecule has 0 atom stereocenters. The van der Waals surface area contributed by atoms with Crippen molar-refractivity contribution in [3.63, 3.8) is 0 Å². The van der Waals surface area contributed by atoms with Gasteiger partial charge in [-0.1, -0.05) is 41.9 Å². The second kappa shape index (κ2) is 10.2. The second-order valence-corrected chi connectivity index (χ2v) is 6.81. The van der Waals surface area contributed by atoms with Gasteiger partial charge in [0.15, 0.2) is 0 Å². The van der Waals surface area contributed by atoms with E-state index in [1.54, 1.807) is 60.7 Å². The summed E-state index contributed by atoms with van der Waals surface area (Å²) in [5.41, 5.74) is 4.40. The van der Waals surface area contributed by atoms with Crippen LogP contribution >= 0.6 is 11.6 Å². The summed E-state index contributed by atoms with van der Waals surface area (Å²) >= 11 is 5.94. The van der Waals surface area contributed by atoms with Gasteiger partial charge < -0.3 is 10.1 Å². The van der Waals surface area contributed by atoms with Crippen LogP contribution in [0.3, 0.4) is 0 Å². The molecular weight excluding hydrogens is 418 g/mol. The van der Waals surface area contributed by atoms with E-state index < -0.39 is 17.8 Å². The molecule has 0 aliphatic heterocycles. The van der Waals surface area contributed by atoms with Crippen LogP contribution in [0.1, 0.15) is 21.5 Å². The van der Waals surface area contributed by atoms with E-state index in [1.807, 2.05) is 19.1 Å². The Balaban J connectivity index is 1.53. The lowest BCUT2D eigenvalue weighted by atomic mass is 10.1. The Bertz CT molecular complexity index is 1140. The molecule has 7 nitrogen and oxygen atoms in total. The van der Waals surface area contributed by atoms with E-state index in [-0.39, 0.29) is 0 Å². The number of nitrogens with zero attached hydrogens (tertiary/aromatic N) is 1. The molecule has 8 heteroatoms. The molecule has 0 fully saturated rings. The third-order valence-electron chi connectivity index (χ3n) is 4.16. The first kappa shape index (κ1) is 21.7. The Hall–Kier alpha value is -3.97. The number of hydrogen-bond donors (Lipinski definition) is 2. The molecule has 0 aromatic heterocycles. The Morgan fingerprint density at radius 3 is 2.29 bits per heavy atom. The third kappa shape index (κ3) is 6.01. The molecule has 0 unspecified atom stereocenters. The van der Waals surface area contributed by atoms with E-state index in [0.29, 0.717) is 27.6 Å². The number of hydrazone groups is 1. The van der Waals surface area contributed by atoms with Crippen LogP contribution in [-0.2, 0) is 9.59 Å². The van der Waals surface area contributed by atoms with Crippen molar-refractivity contribution in [1.29, 1.82) is 0 Å². The first-order chi connectivity index (χ1) is 14.9. The zero-order chi connectivity index (χ0) is 22.2. The lowest BCUT2D eigenvalue weighted by molar-refractivity contribution is -0.136. The lowest BCUT2D eigenvalue weighted by Crippen LogP contribution is -2.32. The zero-order valence-electron chi connectivity index (χ0n) is 16.5. The van der Waals surface area contributed by atoms with Gasteiger partial charge in [0.1, 0.15) is 5.75 Å². The normalized spacial score (nSPS) is 10.5. The van der Waals surface area contributed by atoms with E-state index in [4.69, 9.17) is 16.3 Å². The summed E-state index contributed by atoms with van der Waals surface area (Å²) in [5.74, 6) is -1.92. The van der Waals surface area contributed by atoms with Crippen molar-refractivity contribution in [1.82, 2.24) is 5.43 Å². The number of nitrogens with one attached hydrogen (secondary N) is 2. The van der Waals surface area contributed by atoms with Crippen LogP contribution < -0.4 is 15.5 Å². The van der Waals surface area contributed by atoms with Crippen LogP contribution in [0.15, 0.2) is 77.9 Å². The minimum atomic E-state index is -0.944. The number of carbonyl (C=O) groups is 3. The minimum Gasteiger partial charge on any atom is -0.423 e. The van der Waals surface area contributed by atoms with Crippen molar-refractivity contribution >= 4 is 41.3 Å². The van der Waals surface area contributed by atoms with Crippen molar-refractivity contribution < 1.29 is 19.1 Å². The SMILES string of the molecule is Cc1ccccc1C(=O)Oc1ccc(/C=N/NC(=O)C(=O)Nc2ccccc2Cl)cc1. The summed E-state index contributed by atoms with van der Waals surface area (Å²) in [4.78, 5) is 36.0. The minimum absolute atomic E-state index is 0.315. The first-order valence-corrected chi connectivity index (χ1v) is 9.58. The van der Waals surface area contributed by atoms with Crippen LogP contribution in [0.25, 0.3) is 0 Å². The number of anilines is 1. The van der Waals surface area contributed by atoms with E-state index >= 15 is 0 Å². The van der Waals surface area contributed by atoms with Gasteiger partial charge in [-0.25, -0.2) is 10.2 Å². The van der Waals surface area contributed by atoms with E-state index in [0.717, 1.165) is 5.56 Å². The van der Waals surface area contributed by atoms with Crippen molar-refractivity contribution in [3.05, 3.63) is 94.5 Å². The Morgan fingerprint density at radius 1 is 0.903 bits per heavy atom. The molecule has 3 rings (SSSR count). The number of rotatable bonds is 5. The standard InChI is InChI=1S/C23H18ClN3O4/c1-15-6-2-3-7-18(15)23(30)31-17-12-10-16(11-13-17)14-25-27-22(29)21(28)26-20-9-5-4-8-19(20)24/h2-14H,1H3,(H,26,28)(H,27,29)/b25-14+. The molecule has 0 bridgehead atoms. The summed E-state index contributed by atoms with van der Waals surface area (Å²) in [5, 5.41) is 6.46. The Labute approximate surface area is 183 Å². The number of esters is 1. The fourth-order valence-electron chi connectivity index (χ4n) is 2.54. The summed E-state index contributed by atoms with van der Waals surface area (Å²) in [7, 11) is 0. The van der Waals surface area contributed by atoms with Gasteiger partial charge in [-0.05, 0) is 60.5 Å². The van der Waals surface area contributed by atoms with Crippen molar-refractivity contribution in [3.8, 4) is 5.75 Å². The van der Waals surface area contributed by atoms with Crippen LogP contribution in [0, 0.1) is 6.92 Å². The molecule has 2 amide bonds. The highest BCUT2D eigenvalue weighted by Crippen LogP contribution is 2.20. The number of amides is 2. The number of hydrogen-bond acceptors (Lipinski definition) is 5. The molecule has 0 heterocycles. The van der Waals surface area contributed by atoms with Gasteiger partial charge in [0.05, 0.1) is 22.5 Å². The molecule has 2 N–H and O–H groups in total. The van der Waals surface area contributed by atoms with Gasteiger partial charge >= 0.3 is 17.8 Å². The quantitative estimate of drug-likeness (QED) is 0.208. The van der Waals surface area contributed by atoms with E-state index in [1.165, 1.54) is 6.21 Å². The summed E-state index contributed by atoms with van der Waals surface area (Å²) in [6.07, 6.45) is 1.35. The van der Waals surface area contributed by atoms with Crippen LogP contribution in [0.4, 0.5) is 5.69 Å². The number of para-hydroxylation sites is 1. The molecule has 0 saturated carbocycles. The predicted octanol–water partition coefficient (Wildman–Crippen LogP) is 3.96. The molecule has 0 spiro atoms. The first-order valence-electron chi connectivity index (χ1n) is 9.21. The predicted molar refractivity (Wildman–Crippen MR) is 118 cm³/mol. The van der Waals surface area contributed by atoms with Crippen molar-refractivity contribution in [2.75, 3.05) is 5.32 Å². The molecule has 0 aliphatic carbocycles. The molecular formula is C23H18ClN3O4. The van der Waals surface area contributed by atoms with Crippen LogP contribution in [0.5, 0.6) is 5.75 Å². The van der Waals surface area contributed by atoms with Gasteiger partial charge in [0.25, 0.3) is 0 Å². The molecule has 31 heavy (non-hydrogen) atoms. The third-order valence-corrected chi connectivity index (χ3v) is 4.49. The number of benzene rings is 3. The van der Waals surface area contributed by atoms with Crippen LogP contribution in [0.2, 0.25) is 5.02 Å². The number of aryl methyl sites for hydroxylation is 1. The van der Waals surface area contributed by atoms with Crippen molar-refractivity contribution in [2.24, 2.45) is 5.10 Å². The summed E-state index contributed by atoms with van der Waals surface area (Å²) < 4.78 is 5.36. The van der Waals surface area contributed by atoms with E-state index in [2.05, 4.69) is 15.8 Å². The number of ether oxygens (including phenoxy) is 1. The average Bonchev–Trinajstić information content (AvgIpc) is 2.76. The Morgan fingerprint density at radius 2 is 1.58 bits per heavy atom. The van der Waals surface area contributed by atoms with Gasteiger partial charge in [0.2, 0.25) is 0 Å². The molecule has 156 valence electrons. The highest BCUT2D eigenvalue weighted by atomic mass is 35.5. The smallest absolute Gasteiger partial charge is 0.343 e. The highest BCUT2D eigenvalue weighted by molar-refractivity contribution is 6.41. The van der Waals surface area contributed by atoms with Crippen molar-refractivity contribution in [2.45, 2.75) is 6.92 Å². The Kier molecular flexibility index (Phi) is 7.13. The van der Waals surface area contributed by atoms with Crippen LogP contribution in [-0.4, -0.2) is 24.0 Å². The van der Waals surface area contributed by atoms with Gasteiger partial charge in [-0.2, -0.15) is 5.10 Å². The molecule has 0 radical (unpaired) electrons. The second-order valence-electron chi connectivity index (χ2n) is 6.41. The molecule has 3 aromatic rings. The average molecular weight is 436 g/mol. The fraction of sp³-hybridized carbons (Fsp3) is 0.0435. The number of halogens is 1. The van der Waals surface area contributed by atoms with Gasteiger partial charge in [0, 0.05) is 0 Å². The van der Waals surface area contributed by atoms with Gasteiger partial charge in [-0.15, -0.1) is 0 Å². The highest BCUT2D eigenvalue weighted by Gasteiger charge is 2.14. The largest absolute Gasteiger partial charge is 0.423 e. The monoisotopic (exact) mass is 435 g/mol. The molecule has 0 aliphatic rings. The maximum Gasteiger partial charge on any atom is 0.343 e. The summed E-state index contributed by atoms with van der Waals surface area (Å²) in [6, 6.07) is 20.2. The lowest BCUT2D eigenvalue weighted by Gasteiger charge is -2.07. The molecule has 3 aromatic carbocycles. The number of carbonyl (C=O) groups excluding carboxylic acids is 3. The summed E-state index contributed by atoms with van der Waals surface area (Å²) in [6.45, 7) is 1.83.